The van der Waals surface area contributed by atoms with Gasteiger partial charge >= 0.3 is 5.97 Å². The van der Waals surface area contributed by atoms with Gasteiger partial charge in [-0.2, -0.15) is 0 Å². The Balaban J connectivity index is 2.24. The largest absolute Gasteiger partial charge is 0.466 e. The van der Waals surface area contributed by atoms with Crippen molar-refractivity contribution in [3.63, 3.8) is 0 Å². The molecule has 3 nitrogen and oxygen atoms in total. The smallest absolute Gasteiger partial charge is 0.308 e. The molecule has 0 aromatic rings. The van der Waals surface area contributed by atoms with E-state index >= 15 is 0 Å². The van der Waals surface area contributed by atoms with E-state index in [9.17, 15) is 4.79 Å². The summed E-state index contributed by atoms with van der Waals surface area (Å²) in [5.41, 5.74) is 0. The SMILES string of the molecule is CCOC(=O)C1CCC(NC(C)CC(C)C)CC1. The summed E-state index contributed by atoms with van der Waals surface area (Å²) >= 11 is 0. The summed E-state index contributed by atoms with van der Waals surface area (Å²) in [6.07, 6.45) is 5.38. The zero-order valence-electron chi connectivity index (χ0n) is 12.4. The van der Waals surface area contributed by atoms with Gasteiger partial charge in [-0.1, -0.05) is 13.8 Å². The summed E-state index contributed by atoms with van der Waals surface area (Å²) in [5.74, 6) is 0.887. The van der Waals surface area contributed by atoms with Crippen LogP contribution in [0.1, 0.15) is 59.8 Å². The number of carbonyl (C=O) groups excluding carboxylic acids is 1. The molecule has 1 rings (SSSR count). The van der Waals surface area contributed by atoms with Crippen LogP contribution in [0, 0.1) is 11.8 Å². The zero-order chi connectivity index (χ0) is 13.5. The van der Waals surface area contributed by atoms with E-state index in [4.69, 9.17) is 4.74 Å². The van der Waals surface area contributed by atoms with Crippen molar-refractivity contribution in [3.8, 4) is 0 Å². The molecule has 1 fully saturated rings. The van der Waals surface area contributed by atoms with Gasteiger partial charge in [-0.05, 0) is 51.9 Å². The van der Waals surface area contributed by atoms with Gasteiger partial charge in [0.1, 0.15) is 0 Å². The highest BCUT2D eigenvalue weighted by Gasteiger charge is 2.27. The molecule has 0 aliphatic heterocycles. The molecule has 0 spiro atoms. The van der Waals surface area contributed by atoms with Gasteiger partial charge in [-0.3, -0.25) is 4.79 Å². The maximum Gasteiger partial charge on any atom is 0.308 e. The Labute approximate surface area is 112 Å². The first-order valence-electron chi connectivity index (χ1n) is 7.45. The number of ether oxygens (including phenoxy) is 1. The molecule has 0 heterocycles. The summed E-state index contributed by atoms with van der Waals surface area (Å²) in [6.45, 7) is 9.16. The van der Waals surface area contributed by atoms with Gasteiger partial charge in [0, 0.05) is 12.1 Å². The Bertz CT molecular complexity index is 245. The molecule has 1 N–H and O–H groups in total. The summed E-state index contributed by atoms with van der Waals surface area (Å²) < 4.78 is 5.09. The monoisotopic (exact) mass is 255 g/mol. The first kappa shape index (κ1) is 15.5. The highest BCUT2D eigenvalue weighted by atomic mass is 16.5. The molecule has 0 aromatic carbocycles. The van der Waals surface area contributed by atoms with Crippen molar-refractivity contribution >= 4 is 5.97 Å². The second kappa shape index (κ2) is 7.78. The summed E-state index contributed by atoms with van der Waals surface area (Å²) in [4.78, 5) is 11.6. The quantitative estimate of drug-likeness (QED) is 0.741. The summed E-state index contributed by atoms with van der Waals surface area (Å²) in [7, 11) is 0. The normalized spacial score (nSPS) is 26.1. The fraction of sp³-hybridized carbons (Fsp3) is 0.933. The predicted molar refractivity (Wildman–Crippen MR) is 74.4 cm³/mol. The minimum absolute atomic E-state index is 0.00572. The van der Waals surface area contributed by atoms with Crippen molar-refractivity contribution in [2.45, 2.75) is 71.9 Å². The lowest BCUT2D eigenvalue weighted by atomic mass is 9.85. The van der Waals surface area contributed by atoms with Gasteiger partial charge in [-0.25, -0.2) is 0 Å². The molecular weight excluding hydrogens is 226 g/mol. The third-order valence-electron chi connectivity index (χ3n) is 3.69. The molecule has 0 amide bonds. The van der Waals surface area contributed by atoms with E-state index < -0.39 is 0 Å². The van der Waals surface area contributed by atoms with Crippen molar-refractivity contribution in [1.29, 1.82) is 0 Å². The van der Waals surface area contributed by atoms with E-state index in [1.807, 2.05) is 6.92 Å². The number of nitrogens with one attached hydrogen (secondary N) is 1. The van der Waals surface area contributed by atoms with Crippen LogP contribution in [-0.2, 0) is 9.53 Å². The van der Waals surface area contributed by atoms with Crippen LogP contribution >= 0.6 is 0 Å². The lowest BCUT2D eigenvalue weighted by Gasteiger charge is -2.30. The van der Waals surface area contributed by atoms with E-state index in [-0.39, 0.29) is 11.9 Å². The Hall–Kier alpha value is -0.570. The van der Waals surface area contributed by atoms with Crippen LogP contribution < -0.4 is 5.32 Å². The molecule has 1 unspecified atom stereocenters. The van der Waals surface area contributed by atoms with E-state index in [0.717, 1.165) is 31.6 Å². The minimum Gasteiger partial charge on any atom is -0.466 e. The standard InChI is InChI=1S/C15H29NO2/c1-5-18-15(17)13-6-8-14(9-7-13)16-12(4)10-11(2)3/h11-14,16H,5-10H2,1-4H3. The summed E-state index contributed by atoms with van der Waals surface area (Å²) in [5, 5.41) is 3.69. The molecule has 106 valence electrons. The van der Waals surface area contributed by atoms with E-state index in [1.54, 1.807) is 0 Å². The Morgan fingerprint density at radius 2 is 1.83 bits per heavy atom. The van der Waals surface area contributed by atoms with Gasteiger partial charge in [0.2, 0.25) is 0 Å². The number of esters is 1. The molecular formula is C15H29NO2. The van der Waals surface area contributed by atoms with E-state index in [0.29, 0.717) is 18.7 Å². The predicted octanol–water partition coefficient (Wildman–Crippen LogP) is 3.13. The molecule has 1 atom stereocenters. The molecule has 3 heteroatoms. The fourth-order valence-electron chi connectivity index (χ4n) is 2.93. The van der Waals surface area contributed by atoms with Crippen molar-refractivity contribution < 1.29 is 9.53 Å². The van der Waals surface area contributed by atoms with Crippen LogP contribution in [0.2, 0.25) is 0 Å². The molecule has 1 aliphatic carbocycles. The molecule has 18 heavy (non-hydrogen) atoms. The number of hydrogen-bond acceptors (Lipinski definition) is 3. The van der Waals surface area contributed by atoms with Crippen molar-refractivity contribution in [2.75, 3.05) is 6.61 Å². The molecule has 1 saturated carbocycles. The lowest BCUT2D eigenvalue weighted by molar-refractivity contribution is -0.149. The van der Waals surface area contributed by atoms with Crippen molar-refractivity contribution in [1.82, 2.24) is 5.32 Å². The van der Waals surface area contributed by atoms with Gasteiger partial charge in [0.15, 0.2) is 0 Å². The number of hydrogen-bond donors (Lipinski definition) is 1. The topological polar surface area (TPSA) is 38.3 Å². The molecule has 0 saturated heterocycles. The molecule has 1 aliphatic rings. The van der Waals surface area contributed by atoms with Crippen LogP contribution in [0.4, 0.5) is 0 Å². The average molecular weight is 255 g/mol. The lowest BCUT2D eigenvalue weighted by Crippen LogP contribution is -2.40. The maximum absolute atomic E-state index is 11.6. The molecule has 0 bridgehead atoms. The van der Waals surface area contributed by atoms with Gasteiger partial charge in [0.05, 0.1) is 12.5 Å². The first-order chi connectivity index (χ1) is 8.52. The van der Waals surface area contributed by atoms with Crippen LogP contribution in [0.25, 0.3) is 0 Å². The van der Waals surface area contributed by atoms with Crippen LogP contribution in [0.3, 0.4) is 0 Å². The van der Waals surface area contributed by atoms with Crippen molar-refractivity contribution in [2.24, 2.45) is 11.8 Å². The third kappa shape index (κ3) is 5.38. The zero-order valence-corrected chi connectivity index (χ0v) is 12.4. The van der Waals surface area contributed by atoms with Crippen LogP contribution in [0.15, 0.2) is 0 Å². The van der Waals surface area contributed by atoms with Crippen molar-refractivity contribution in [3.05, 3.63) is 0 Å². The third-order valence-corrected chi connectivity index (χ3v) is 3.69. The number of rotatable bonds is 6. The summed E-state index contributed by atoms with van der Waals surface area (Å²) in [6, 6.07) is 1.17. The van der Waals surface area contributed by atoms with Gasteiger partial charge in [-0.15, -0.1) is 0 Å². The Morgan fingerprint density at radius 3 is 2.33 bits per heavy atom. The van der Waals surface area contributed by atoms with E-state index in [1.165, 1.54) is 6.42 Å². The number of carbonyl (C=O) groups is 1. The van der Waals surface area contributed by atoms with Crippen LogP contribution in [-0.4, -0.2) is 24.7 Å². The minimum atomic E-state index is 0.00572. The fourth-order valence-corrected chi connectivity index (χ4v) is 2.93. The van der Waals surface area contributed by atoms with Gasteiger partial charge in [0.25, 0.3) is 0 Å². The molecule has 0 aromatic heterocycles. The highest BCUT2D eigenvalue weighted by Crippen LogP contribution is 2.26. The molecule has 0 radical (unpaired) electrons. The highest BCUT2D eigenvalue weighted by molar-refractivity contribution is 5.72. The van der Waals surface area contributed by atoms with E-state index in [2.05, 4.69) is 26.1 Å². The Morgan fingerprint density at radius 1 is 1.22 bits per heavy atom. The second-order valence-corrected chi connectivity index (χ2v) is 6.00. The second-order valence-electron chi connectivity index (χ2n) is 6.00. The van der Waals surface area contributed by atoms with Gasteiger partial charge < -0.3 is 10.1 Å². The maximum atomic E-state index is 11.6. The Kier molecular flexibility index (Phi) is 6.69. The van der Waals surface area contributed by atoms with Crippen LogP contribution in [0.5, 0.6) is 0 Å². The average Bonchev–Trinajstić information content (AvgIpc) is 2.29. The first-order valence-corrected chi connectivity index (χ1v) is 7.45.